The standard InChI is InChI=1S/C15H13N7O/c16-6-11-14(13-12(20-15(11)23)2-1-4-18-13)21-5-3-10(7-21)22-9-17-8-19-22/h1-2,4,8-10H,3,5,7H2,(H,20,23). The van der Waals surface area contributed by atoms with Gasteiger partial charge in [0.2, 0.25) is 0 Å². The van der Waals surface area contributed by atoms with E-state index >= 15 is 0 Å². The average Bonchev–Trinajstić information content (AvgIpc) is 3.24. The number of pyridine rings is 2. The molecule has 8 nitrogen and oxygen atoms in total. The lowest BCUT2D eigenvalue weighted by molar-refractivity contribution is 0.493. The molecule has 0 aliphatic carbocycles. The van der Waals surface area contributed by atoms with Crippen LogP contribution < -0.4 is 10.5 Å². The van der Waals surface area contributed by atoms with Crippen LogP contribution in [0, 0.1) is 11.3 Å². The lowest BCUT2D eigenvalue weighted by atomic mass is 10.1. The second-order valence-electron chi connectivity index (χ2n) is 5.45. The maximum atomic E-state index is 12.2. The molecule has 4 rings (SSSR count). The number of H-pyrrole nitrogens is 1. The van der Waals surface area contributed by atoms with Gasteiger partial charge in [0, 0.05) is 19.3 Å². The van der Waals surface area contributed by atoms with Crippen LogP contribution in [0.15, 0.2) is 35.8 Å². The van der Waals surface area contributed by atoms with Gasteiger partial charge in [-0.1, -0.05) is 0 Å². The number of hydrogen-bond acceptors (Lipinski definition) is 6. The van der Waals surface area contributed by atoms with E-state index in [2.05, 4.69) is 20.1 Å². The largest absolute Gasteiger partial charge is 0.366 e. The first-order valence-corrected chi connectivity index (χ1v) is 7.28. The van der Waals surface area contributed by atoms with Crippen molar-refractivity contribution < 1.29 is 0 Å². The van der Waals surface area contributed by atoms with Crippen molar-refractivity contribution in [2.45, 2.75) is 12.5 Å². The third-order valence-electron chi connectivity index (χ3n) is 4.15. The summed E-state index contributed by atoms with van der Waals surface area (Å²) in [5.41, 5.74) is 1.61. The Morgan fingerprint density at radius 1 is 1.43 bits per heavy atom. The highest BCUT2D eigenvalue weighted by Gasteiger charge is 2.29. The SMILES string of the molecule is N#Cc1c(N2CCC(n3cncn3)C2)c2ncccc2[nH]c1=O. The maximum absolute atomic E-state index is 12.2. The number of nitriles is 1. The van der Waals surface area contributed by atoms with Gasteiger partial charge < -0.3 is 9.88 Å². The van der Waals surface area contributed by atoms with E-state index in [9.17, 15) is 10.1 Å². The van der Waals surface area contributed by atoms with Gasteiger partial charge >= 0.3 is 0 Å². The van der Waals surface area contributed by atoms with E-state index in [0.29, 0.717) is 23.3 Å². The molecule has 0 bridgehead atoms. The summed E-state index contributed by atoms with van der Waals surface area (Å²) >= 11 is 0. The summed E-state index contributed by atoms with van der Waals surface area (Å²) in [5, 5.41) is 13.6. The number of rotatable bonds is 2. The van der Waals surface area contributed by atoms with Crippen molar-refractivity contribution in [2.24, 2.45) is 0 Å². The first-order chi connectivity index (χ1) is 11.3. The molecule has 0 radical (unpaired) electrons. The van der Waals surface area contributed by atoms with Crippen LogP contribution in [0.25, 0.3) is 11.0 Å². The first-order valence-electron chi connectivity index (χ1n) is 7.28. The van der Waals surface area contributed by atoms with Gasteiger partial charge in [-0.25, -0.2) is 9.67 Å². The third-order valence-corrected chi connectivity index (χ3v) is 4.15. The number of aromatic amines is 1. The van der Waals surface area contributed by atoms with Crippen LogP contribution in [-0.4, -0.2) is 37.8 Å². The van der Waals surface area contributed by atoms with Crippen molar-refractivity contribution in [3.63, 3.8) is 0 Å². The molecular formula is C15H13N7O. The minimum absolute atomic E-state index is 0.107. The van der Waals surface area contributed by atoms with Crippen molar-refractivity contribution in [1.82, 2.24) is 24.7 Å². The molecule has 8 heteroatoms. The highest BCUT2D eigenvalue weighted by atomic mass is 16.1. The van der Waals surface area contributed by atoms with E-state index in [0.717, 1.165) is 13.0 Å². The molecule has 0 saturated carbocycles. The molecule has 1 aliphatic rings. The molecule has 1 aliphatic heterocycles. The number of fused-ring (bicyclic) bond motifs is 1. The zero-order valence-electron chi connectivity index (χ0n) is 12.2. The van der Waals surface area contributed by atoms with Crippen LogP contribution >= 0.6 is 0 Å². The smallest absolute Gasteiger partial charge is 0.268 e. The molecule has 1 atom stereocenters. The normalized spacial score (nSPS) is 17.5. The van der Waals surface area contributed by atoms with Crippen LogP contribution in [0.1, 0.15) is 18.0 Å². The molecule has 114 valence electrons. The van der Waals surface area contributed by atoms with Crippen molar-refractivity contribution in [1.29, 1.82) is 5.26 Å². The molecule has 1 fully saturated rings. The number of anilines is 1. The Morgan fingerprint density at radius 3 is 3.13 bits per heavy atom. The molecule has 23 heavy (non-hydrogen) atoms. The van der Waals surface area contributed by atoms with Crippen LogP contribution in [-0.2, 0) is 0 Å². The van der Waals surface area contributed by atoms with Gasteiger partial charge in [0.1, 0.15) is 29.8 Å². The summed E-state index contributed by atoms with van der Waals surface area (Å²) in [6.07, 6.45) is 5.73. The first kappa shape index (κ1) is 13.5. The van der Waals surface area contributed by atoms with Gasteiger partial charge in [0.15, 0.2) is 0 Å². The predicted molar refractivity (Wildman–Crippen MR) is 83.0 cm³/mol. The lowest BCUT2D eigenvalue weighted by Crippen LogP contribution is -2.26. The van der Waals surface area contributed by atoms with E-state index in [1.54, 1.807) is 24.7 Å². The van der Waals surface area contributed by atoms with E-state index in [1.807, 2.05) is 15.7 Å². The summed E-state index contributed by atoms with van der Waals surface area (Å²) in [6, 6.07) is 5.74. The second-order valence-corrected chi connectivity index (χ2v) is 5.45. The molecule has 0 aromatic carbocycles. The van der Waals surface area contributed by atoms with E-state index in [4.69, 9.17) is 0 Å². The summed E-state index contributed by atoms with van der Waals surface area (Å²) in [4.78, 5) is 25.3. The average molecular weight is 307 g/mol. The molecule has 0 spiro atoms. The van der Waals surface area contributed by atoms with Gasteiger partial charge in [-0.3, -0.25) is 9.78 Å². The number of hydrogen-bond donors (Lipinski definition) is 1. The molecule has 1 unspecified atom stereocenters. The summed E-state index contributed by atoms with van der Waals surface area (Å²) in [6.45, 7) is 1.39. The predicted octanol–water partition coefficient (Wildman–Crippen LogP) is 0.838. The highest BCUT2D eigenvalue weighted by Crippen LogP contribution is 2.31. The minimum atomic E-state index is -0.382. The topological polar surface area (TPSA) is 103 Å². The van der Waals surface area contributed by atoms with E-state index in [-0.39, 0.29) is 17.2 Å². The second kappa shape index (κ2) is 5.21. The van der Waals surface area contributed by atoms with Crippen molar-refractivity contribution in [3.8, 4) is 6.07 Å². The molecule has 1 N–H and O–H groups in total. The van der Waals surface area contributed by atoms with Gasteiger partial charge in [-0.15, -0.1) is 0 Å². The van der Waals surface area contributed by atoms with E-state index < -0.39 is 0 Å². The number of aromatic nitrogens is 5. The maximum Gasteiger partial charge on any atom is 0.268 e. The monoisotopic (exact) mass is 307 g/mol. The molecule has 0 amide bonds. The summed E-state index contributed by atoms with van der Waals surface area (Å²) in [5.74, 6) is 0. The van der Waals surface area contributed by atoms with Gasteiger partial charge in [-0.05, 0) is 18.6 Å². The number of nitrogens with zero attached hydrogens (tertiary/aromatic N) is 6. The summed E-state index contributed by atoms with van der Waals surface area (Å²) < 4.78 is 1.81. The van der Waals surface area contributed by atoms with Crippen LogP contribution in [0.3, 0.4) is 0 Å². The Labute approximate surface area is 131 Å². The fourth-order valence-electron chi connectivity index (χ4n) is 3.08. The zero-order chi connectivity index (χ0) is 15.8. The van der Waals surface area contributed by atoms with Crippen molar-refractivity contribution in [3.05, 3.63) is 46.9 Å². The Balaban J connectivity index is 1.83. The number of nitrogens with one attached hydrogen (secondary N) is 1. The third kappa shape index (κ3) is 2.14. The van der Waals surface area contributed by atoms with E-state index in [1.165, 1.54) is 6.33 Å². The quantitative estimate of drug-likeness (QED) is 0.752. The highest BCUT2D eigenvalue weighted by molar-refractivity contribution is 5.91. The summed E-state index contributed by atoms with van der Waals surface area (Å²) in [7, 11) is 0. The fourth-order valence-corrected chi connectivity index (χ4v) is 3.08. The van der Waals surface area contributed by atoms with Crippen LogP contribution in [0.2, 0.25) is 0 Å². The fraction of sp³-hybridized carbons (Fsp3) is 0.267. The molecule has 1 saturated heterocycles. The molecule has 3 aromatic heterocycles. The van der Waals surface area contributed by atoms with Crippen LogP contribution in [0.4, 0.5) is 5.69 Å². The van der Waals surface area contributed by atoms with Crippen molar-refractivity contribution >= 4 is 16.7 Å². The Hall–Kier alpha value is -3.21. The Kier molecular flexibility index (Phi) is 3.05. The molecule has 3 aromatic rings. The Morgan fingerprint density at radius 2 is 2.35 bits per heavy atom. The lowest BCUT2D eigenvalue weighted by Gasteiger charge is -2.20. The molecular weight excluding hydrogens is 294 g/mol. The molecule has 4 heterocycles. The van der Waals surface area contributed by atoms with Gasteiger partial charge in [0.05, 0.1) is 17.2 Å². The van der Waals surface area contributed by atoms with Gasteiger partial charge in [-0.2, -0.15) is 10.4 Å². The van der Waals surface area contributed by atoms with Crippen molar-refractivity contribution in [2.75, 3.05) is 18.0 Å². The van der Waals surface area contributed by atoms with Crippen LogP contribution in [0.5, 0.6) is 0 Å². The minimum Gasteiger partial charge on any atom is -0.366 e. The zero-order valence-corrected chi connectivity index (χ0v) is 12.2. The Bertz CT molecular complexity index is 954. The van der Waals surface area contributed by atoms with Gasteiger partial charge in [0.25, 0.3) is 5.56 Å².